The number of nitrogens with zero attached hydrogens (tertiary/aromatic N) is 3. The summed E-state index contributed by atoms with van der Waals surface area (Å²) < 4.78 is 1.90. The maximum Gasteiger partial charge on any atom is 0.272 e. The number of aromatic nitrogens is 3. The van der Waals surface area contributed by atoms with Crippen molar-refractivity contribution >= 4 is 42.1 Å². The highest BCUT2D eigenvalue weighted by atomic mass is 35.5. The van der Waals surface area contributed by atoms with Gasteiger partial charge in [0.15, 0.2) is 0 Å². The Morgan fingerprint density at radius 1 is 1.44 bits per heavy atom. The van der Waals surface area contributed by atoms with Crippen molar-refractivity contribution in [1.82, 2.24) is 25.4 Å². The molecule has 1 aliphatic heterocycles. The fourth-order valence-electron chi connectivity index (χ4n) is 2.76. The molecule has 25 heavy (non-hydrogen) atoms. The molecule has 0 spiro atoms. The Morgan fingerprint density at radius 2 is 2.20 bits per heavy atom. The van der Waals surface area contributed by atoms with E-state index in [0.717, 1.165) is 36.6 Å². The maximum absolute atomic E-state index is 12.5. The lowest BCUT2D eigenvalue weighted by atomic mass is 10.1. The molecule has 1 amide bonds. The van der Waals surface area contributed by atoms with Crippen LogP contribution in [0, 0.1) is 6.92 Å². The lowest BCUT2D eigenvalue weighted by Gasteiger charge is -2.24. The van der Waals surface area contributed by atoms with E-state index in [0.29, 0.717) is 11.7 Å². The normalized spacial score (nSPS) is 17.3. The van der Waals surface area contributed by atoms with Gasteiger partial charge in [-0.3, -0.25) is 9.48 Å². The fraction of sp³-hybridized carbons (Fsp3) is 0.562. The number of nitrogens with one attached hydrogen (secondary N) is 2. The summed E-state index contributed by atoms with van der Waals surface area (Å²) in [6.07, 6.45) is 4.13. The molecule has 0 aromatic carbocycles. The lowest BCUT2D eigenvalue weighted by Crippen LogP contribution is -2.41. The highest BCUT2D eigenvalue weighted by Crippen LogP contribution is 2.24. The molecule has 0 radical (unpaired) electrons. The molecule has 2 N–H and O–H groups in total. The number of carbonyl (C=O) groups excluding carboxylic acids is 1. The van der Waals surface area contributed by atoms with Crippen LogP contribution in [0.5, 0.6) is 0 Å². The monoisotopic (exact) mass is 405 g/mol. The number of piperidine rings is 1. The summed E-state index contributed by atoms with van der Waals surface area (Å²) in [6, 6.07) is 2.12. The Hall–Kier alpha value is -1.15. The van der Waals surface area contributed by atoms with E-state index in [4.69, 9.17) is 0 Å². The van der Waals surface area contributed by atoms with Gasteiger partial charge in [0.2, 0.25) is 0 Å². The van der Waals surface area contributed by atoms with Crippen LogP contribution in [-0.4, -0.2) is 33.8 Å². The molecule has 1 unspecified atom stereocenters. The first-order chi connectivity index (χ1) is 11.0. The van der Waals surface area contributed by atoms with Gasteiger partial charge in [-0.1, -0.05) is 0 Å². The maximum atomic E-state index is 12.5. The second kappa shape index (κ2) is 8.98. The van der Waals surface area contributed by atoms with Crippen molar-refractivity contribution in [2.45, 2.75) is 45.2 Å². The van der Waals surface area contributed by atoms with Gasteiger partial charge in [0.25, 0.3) is 5.91 Å². The summed E-state index contributed by atoms with van der Waals surface area (Å²) in [5.74, 6) is -0.162. The second-order valence-corrected chi connectivity index (χ2v) is 7.41. The molecular weight excluding hydrogens is 381 g/mol. The third kappa shape index (κ3) is 5.17. The Labute approximate surface area is 164 Å². The standard InChI is InChI=1S/C16H23N5OS.2ClH/c1-11-10-23-15(18-11)16(2,3)19-14(22)13-6-8-21(20-13)12-5-4-7-17-9-12;;/h6,8,10,12,17H,4-5,7,9H2,1-3H3,(H,19,22);2*1H. The average Bonchev–Trinajstić information content (AvgIpc) is 3.17. The molecule has 1 atom stereocenters. The number of carbonyl (C=O) groups is 1. The van der Waals surface area contributed by atoms with E-state index in [2.05, 4.69) is 20.7 Å². The van der Waals surface area contributed by atoms with Crippen LogP contribution in [0.15, 0.2) is 17.6 Å². The van der Waals surface area contributed by atoms with Crippen LogP contribution in [-0.2, 0) is 5.54 Å². The summed E-state index contributed by atoms with van der Waals surface area (Å²) in [7, 11) is 0. The highest BCUT2D eigenvalue weighted by molar-refractivity contribution is 7.09. The zero-order valence-corrected chi connectivity index (χ0v) is 17.1. The van der Waals surface area contributed by atoms with Gasteiger partial charge < -0.3 is 10.6 Å². The largest absolute Gasteiger partial charge is 0.339 e. The number of hydrogen-bond acceptors (Lipinski definition) is 5. The minimum atomic E-state index is -0.508. The van der Waals surface area contributed by atoms with E-state index in [1.807, 2.05) is 37.0 Å². The first-order valence-electron chi connectivity index (χ1n) is 7.97. The molecule has 140 valence electrons. The van der Waals surface area contributed by atoms with Crippen molar-refractivity contribution in [2.75, 3.05) is 13.1 Å². The smallest absolute Gasteiger partial charge is 0.272 e. The molecule has 3 rings (SSSR count). The van der Waals surface area contributed by atoms with Gasteiger partial charge in [-0.15, -0.1) is 36.2 Å². The SMILES string of the molecule is Cc1csc(C(C)(C)NC(=O)c2ccn(C3CCCNC3)n2)n1.Cl.Cl. The minimum Gasteiger partial charge on any atom is -0.339 e. The molecule has 6 nitrogen and oxygen atoms in total. The minimum absolute atomic E-state index is 0. The molecule has 1 aliphatic rings. The van der Waals surface area contributed by atoms with Crippen molar-refractivity contribution in [3.63, 3.8) is 0 Å². The van der Waals surface area contributed by atoms with Crippen LogP contribution in [0.1, 0.15) is 53.9 Å². The van der Waals surface area contributed by atoms with E-state index in [1.165, 1.54) is 0 Å². The van der Waals surface area contributed by atoms with Crippen molar-refractivity contribution < 1.29 is 4.79 Å². The Balaban J connectivity index is 0.00000156. The summed E-state index contributed by atoms with van der Waals surface area (Å²) in [4.78, 5) is 17.0. The molecule has 1 saturated heterocycles. The molecular formula is C16H25Cl2N5OS. The number of thiazole rings is 1. The molecule has 9 heteroatoms. The van der Waals surface area contributed by atoms with Gasteiger partial charge in [0.1, 0.15) is 10.7 Å². The molecule has 1 fully saturated rings. The third-order valence-electron chi connectivity index (χ3n) is 4.07. The van der Waals surface area contributed by atoms with Crippen LogP contribution < -0.4 is 10.6 Å². The van der Waals surface area contributed by atoms with Crippen LogP contribution in [0.4, 0.5) is 0 Å². The first-order valence-corrected chi connectivity index (χ1v) is 8.85. The predicted octanol–water partition coefficient (Wildman–Crippen LogP) is 3.08. The zero-order valence-electron chi connectivity index (χ0n) is 14.6. The van der Waals surface area contributed by atoms with Crippen molar-refractivity contribution in [1.29, 1.82) is 0 Å². The van der Waals surface area contributed by atoms with E-state index in [9.17, 15) is 4.79 Å². The highest BCUT2D eigenvalue weighted by Gasteiger charge is 2.27. The van der Waals surface area contributed by atoms with Crippen LogP contribution >= 0.6 is 36.2 Å². The van der Waals surface area contributed by atoms with E-state index < -0.39 is 5.54 Å². The molecule has 3 heterocycles. The number of hydrogen-bond donors (Lipinski definition) is 2. The van der Waals surface area contributed by atoms with Gasteiger partial charge in [-0.2, -0.15) is 5.10 Å². The molecule has 0 aliphatic carbocycles. The van der Waals surface area contributed by atoms with E-state index in [-0.39, 0.29) is 30.7 Å². The quantitative estimate of drug-likeness (QED) is 0.819. The topological polar surface area (TPSA) is 71.8 Å². The Bertz CT molecular complexity index is 694. The van der Waals surface area contributed by atoms with Gasteiger partial charge in [-0.05, 0) is 46.2 Å². The lowest BCUT2D eigenvalue weighted by molar-refractivity contribution is 0.0905. The van der Waals surface area contributed by atoms with Gasteiger partial charge in [0.05, 0.1) is 11.6 Å². The van der Waals surface area contributed by atoms with Crippen LogP contribution in [0.25, 0.3) is 0 Å². The molecule has 0 bridgehead atoms. The van der Waals surface area contributed by atoms with E-state index in [1.54, 1.807) is 17.4 Å². The van der Waals surface area contributed by atoms with Gasteiger partial charge in [-0.25, -0.2) is 4.98 Å². The second-order valence-electron chi connectivity index (χ2n) is 6.55. The number of halogens is 2. The molecule has 2 aromatic rings. The third-order valence-corrected chi connectivity index (χ3v) is 5.35. The first kappa shape index (κ1) is 21.9. The van der Waals surface area contributed by atoms with Crippen molar-refractivity contribution in [3.8, 4) is 0 Å². The van der Waals surface area contributed by atoms with Crippen LogP contribution in [0.3, 0.4) is 0 Å². The number of rotatable bonds is 4. The average molecular weight is 406 g/mol. The zero-order chi connectivity index (χ0) is 16.4. The predicted molar refractivity (Wildman–Crippen MR) is 105 cm³/mol. The summed E-state index contributed by atoms with van der Waals surface area (Å²) in [5.41, 5.74) is 0.921. The molecule has 0 saturated carbocycles. The summed E-state index contributed by atoms with van der Waals surface area (Å²) >= 11 is 1.56. The number of aryl methyl sites for hydroxylation is 1. The Morgan fingerprint density at radius 3 is 2.80 bits per heavy atom. The Kier molecular flexibility index (Phi) is 7.87. The summed E-state index contributed by atoms with van der Waals surface area (Å²) in [5, 5.41) is 13.8. The molecule has 2 aromatic heterocycles. The van der Waals surface area contributed by atoms with Gasteiger partial charge in [0, 0.05) is 23.8 Å². The number of amides is 1. The van der Waals surface area contributed by atoms with Crippen molar-refractivity contribution in [2.24, 2.45) is 0 Å². The van der Waals surface area contributed by atoms with Gasteiger partial charge >= 0.3 is 0 Å². The van der Waals surface area contributed by atoms with Crippen LogP contribution in [0.2, 0.25) is 0 Å². The van der Waals surface area contributed by atoms with Crippen molar-refractivity contribution in [3.05, 3.63) is 34.0 Å². The fourth-order valence-corrected chi connectivity index (χ4v) is 3.64. The van der Waals surface area contributed by atoms with E-state index >= 15 is 0 Å². The summed E-state index contributed by atoms with van der Waals surface area (Å²) in [6.45, 7) is 7.85.